The first-order valence-corrected chi connectivity index (χ1v) is 46.3. The number of phenolic OH excluding ortho intramolecular Hbond substituents is 1. The van der Waals surface area contributed by atoms with Crippen molar-refractivity contribution >= 4 is 198 Å². The van der Waals surface area contributed by atoms with E-state index >= 15 is 0 Å². The zero-order chi connectivity index (χ0) is 104. The second kappa shape index (κ2) is 62.4. The van der Waals surface area contributed by atoms with Gasteiger partial charge in [-0.3, -0.25) is 9.59 Å². The summed E-state index contributed by atoms with van der Waals surface area (Å²) in [7, 11) is -0.431. The number of carbonyl (C=O) groups is 2. The Hall–Kier alpha value is -11.3. The zero-order valence-corrected chi connectivity index (χ0v) is 103. The maximum absolute atomic E-state index is 9.40. The third-order valence-electron chi connectivity index (χ3n) is 21.3. The molecule has 0 bridgehead atoms. The molecule has 4 N–H and O–H groups in total. The van der Waals surface area contributed by atoms with Gasteiger partial charge in [0.1, 0.15) is 40.9 Å². The molecule has 27 heteroatoms. The van der Waals surface area contributed by atoms with Gasteiger partial charge in [-0.25, -0.2) is 40.1 Å². The second-order valence-corrected chi connectivity index (χ2v) is 38.9. The fourth-order valence-electron chi connectivity index (χ4n) is 15.3. The van der Waals surface area contributed by atoms with Gasteiger partial charge in [0.2, 0.25) is 11.8 Å². The van der Waals surface area contributed by atoms with Crippen LogP contribution in [0.1, 0.15) is 204 Å². The maximum Gasteiger partial charge on any atom is 0.300 e. The smallest absolute Gasteiger partial charge is 0.300 e. The van der Waals surface area contributed by atoms with Crippen LogP contribution in [0.2, 0.25) is 5.15 Å². The summed E-state index contributed by atoms with van der Waals surface area (Å²) >= 11 is 5.77. The van der Waals surface area contributed by atoms with Crippen molar-refractivity contribution in [2.75, 3.05) is 0 Å². The summed E-state index contributed by atoms with van der Waals surface area (Å²) in [6.07, 6.45) is 31.4. The fourth-order valence-corrected chi connectivity index (χ4v) is 19.9. The molecule has 0 amide bonds. The van der Waals surface area contributed by atoms with Crippen molar-refractivity contribution in [1.82, 2.24) is 58.3 Å². The van der Waals surface area contributed by atoms with Crippen LogP contribution in [0.15, 0.2) is 178 Å². The number of nitrogens with zero attached hydrogens (tertiary/aromatic N) is 12. The molecule has 728 valence electrons. The van der Waals surface area contributed by atoms with Crippen molar-refractivity contribution in [3.05, 3.63) is 273 Å². The molecule has 0 aliphatic carbocycles. The van der Waals surface area contributed by atoms with Crippen molar-refractivity contribution in [2.45, 2.75) is 215 Å². The number of phenols is 1. The van der Waals surface area contributed by atoms with E-state index in [4.69, 9.17) is 63.8 Å². The average Bonchev–Trinajstić information content (AvgIpc) is 1.44. The number of hydrogen-bond donors (Lipinski definition) is 4. The number of aliphatic carboxylic acids is 2. The molecule has 14 aromatic rings. The van der Waals surface area contributed by atoms with Crippen LogP contribution in [-0.2, 0) is 39.7 Å². The second-order valence-electron chi connectivity index (χ2n) is 34.8. The van der Waals surface area contributed by atoms with Crippen LogP contribution < -0.4 is 14.8 Å². The van der Waals surface area contributed by atoms with E-state index in [0.717, 1.165) is 132 Å². The molecule has 22 nitrogen and oxygen atoms in total. The van der Waals surface area contributed by atoms with E-state index in [0.29, 0.717) is 40.4 Å². The number of benzene rings is 5. The van der Waals surface area contributed by atoms with Gasteiger partial charge in [0.05, 0.1) is 17.4 Å². The van der Waals surface area contributed by atoms with Crippen LogP contribution in [0.3, 0.4) is 0 Å². The number of ether oxygens (including phenoxy) is 2. The van der Waals surface area contributed by atoms with Crippen molar-refractivity contribution in [3.63, 3.8) is 0 Å². The number of rotatable bonds is 13. The Morgan fingerprint density at radius 1 is 0.434 bits per heavy atom. The molecule has 0 saturated carbocycles. The summed E-state index contributed by atoms with van der Waals surface area (Å²) in [6, 6.07) is 34.3. The number of carboxylic acids is 2. The van der Waals surface area contributed by atoms with Gasteiger partial charge in [-0.15, -0.1) is 12.8 Å². The standard InChI is InChI=1S/C33H53P.2C20H18N4O.C18H2.C13H14N2O.C7H5ClN2.2C2H4O2.CHO3.2Cs.Pd/c1-19(2)26-17-27(20(3)4)30(28(18-26)21(5)6)29-24(9)22(7)23(8)25(10)31(29)34(32(11,12)13)33(14,15)16;2*1-13-11-16(25-20-18-5-4-9-24(18)10-8-21-20)6-7-17(13)19-14(2)22-12-23-15(19)3;1-3-5-7-9-11-13-15-17-18-16-14-12-10-8-6-4-2;1-8-6-11(16)4-5-12(8)13-9(2)7-14-15-10(13)3;8-7-6-2-1-4-10(6)5-3-9-7;2*1-2(3)4;2-1-4-3;;;/h17-21H,1-16H3;2*4-12H,1-3H3;1-2H;4-7,16H,1-3H3;1-5H;2*1H3,(H,3,4);3H;;;/q;;;;;;;;-1;;;. The Balaban J connectivity index is 0.000000440. The molecule has 143 heavy (non-hydrogen) atoms. The van der Waals surface area contributed by atoms with Gasteiger partial charge in [0.25, 0.3) is 11.9 Å². The first kappa shape index (κ1) is 126. The molecule has 0 fully saturated rings. The quantitative estimate of drug-likeness (QED) is 0.0208. The van der Waals surface area contributed by atoms with Gasteiger partial charge >= 0.3 is 0 Å². The molecule has 0 atom stereocenters. The predicted octanol–water partition coefficient (Wildman–Crippen LogP) is 23.7. The Morgan fingerprint density at radius 2 is 0.776 bits per heavy atom. The first-order valence-electron chi connectivity index (χ1n) is 44.6. The third kappa shape index (κ3) is 38.3. The van der Waals surface area contributed by atoms with E-state index in [9.17, 15) is 5.11 Å². The van der Waals surface area contributed by atoms with E-state index in [2.05, 4.69) is 294 Å². The number of hydrogen-bond acceptors (Lipinski definition) is 17. The van der Waals surface area contributed by atoms with E-state index in [1.165, 1.54) is 44.5 Å². The molecule has 0 saturated heterocycles. The van der Waals surface area contributed by atoms with E-state index in [1.54, 1.807) is 60.4 Å². The van der Waals surface area contributed by atoms with Gasteiger partial charge in [0.15, 0.2) is 5.15 Å². The van der Waals surface area contributed by atoms with Crippen LogP contribution in [0.25, 0.3) is 61.1 Å². The van der Waals surface area contributed by atoms with Gasteiger partial charge in [-0.05, 0) is 386 Å². The van der Waals surface area contributed by atoms with E-state index < -0.39 is 19.9 Å². The number of aryl methyl sites for hydroxylation is 9. The summed E-state index contributed by atoms with van der Waals surface area (Å²) in [6.45, 7) is 59.5. The van der Waals surface area contributed by atoms with Crippen molar-refractivity contribution in [3.8, 4) is 181 Å². The average molecular weight is 2280 g/mol. The van der Waals surface area contributed by atoms with E-state index in [-0.39, 0.29) is 169 Å². The Kier molecular flexibility index (Phi) is 54.9. The molecular weight excluding hydrogens is 2160 g/mol. The molecule has 9 heterocycles. The molecule has 2 radical (unpaired) electrons. The molecule has 0 aliphatic rings. The Labute approximate surface area is 981 Å². The fraction of sp³-hybridized carbons (Fsp3) is 0.276. The molecule has 9 aromatic heterocycles. The number of fused-ring (bicyclic) bond motifs is 3. The largest absolute Gasteiger partial charge is 0.509 e. The number of terminal acetylenes is 2. The molecule has 0 unspecified atom stereocenters. The van der Waals surface area contributed by atoms with Gasteiger partial charge in [-0.1, -0.05) is 133 Å². The van der Waals surface area contributed by atoms with Crippen LogP contribution in [0, 0.1) is 198 Å². The zero-order valence-electron chi connectivity index (χ0n) is 86.9. The predicted molar refractivity (Wildman–Crippen MR) is 576 cm³/mol. The monoisotopic (exact) mass is 2280 g/mol. The van der Waals surface area contributed by atoms with Crippen LogP contribution in [0.5, 0.6) is 29.0 Å². The normalized spacial score (nSPS) is 9.84. The minimum atomic E-state index is -0.833. The van der Waals surface area contributed by atoms with Gasteiger partial charge in [0, 0.05) is 267 Å². The summed E-state index contributed by atoms with van der Waals surface area (Å²) in [4.78, 5) is 59.2. The minimum Gasteiger partial charge on any atom is -0.509 e. The van der Waals surface area contributed by atoms with Crippen LogP contribution >= 0.6 is 19.5 Å². The molecule has 0 aliphatic heterocycles. The number of halogens is 1. The number of carbonyl (C=O) groups excluding carboxylic acids is 1. The topological polar surface area (TPSA) is 289 Å². The number of aromatic nitrogens is 12. The first-order chi connectivity index (χ1) is 66.3. The SMILES string of the molecule is C#CC#CC#CC#CC#CC#CC#CC#CC#C.CC(=O)O.CC(=O)O.Cc1c(C)c(C)c(P(C(C)(C)C)C(C)(C)C)c(-c2c(C(C)C)cc(C(C)C)cc2C(C)C)c1C.Cc1cc(O)ccc1-c1c(C)cnnc1C.Cc1cc(Oc2nccn3cccc23)ccc1-c1c(C)ncnc1C.Cc1cc(Oc2nccn3cccc23)ccc1-c1c(C)ncnc1C.Clc1nccn2cccc12.O=[C-]OO.[Cs].[Cs].[Pd]. The van der Waals surface area contributed by atoms with E-state index in [1.807, 2.05) is 166 Å². The van der Waals surface area contributed by atoms with Crippen LogP contribution in [-0.4, -0.2) is 245 Å². The molecule has 0 spiro atoms. The molecule has 14 rings (SSSR count). The Bertz CT molecular complexity index is 7010. The molecule has 5 aromatic carbocycles. The summed E-state index contributed by atoms with van der Waals surface area (Å²) in [5.41, 5.74) is 32.2. The summed E-state index contributed by atoms with van der Waals surface area (Å²) < 4.78 is 17.9. The van der Waals surface area contributed by atoms with Gasteiger partial charge < -0.3 is 47.7 Å². The number of aromatic hydroxyl groups is 1. The van der Waals surface area contributed by atoms with Crippen molar-refractivity contribution in [2.24, 2.45) is 0 Å². The number of carboxylic acid groups (broad SMARTS) is 2. The third-order valence-corrected chi connectivity index (χ3v) is 25.3. The minimum absolute atomic E-state index is 0. The molecular formula is C116H119ClCs2N12O10PPd-. The summed E-state index contributed by atoms with van der Waals surface area (Å²) in [5, 5.41) is 41.8. The summed E-state index contributed by atoms with van der Waals surface area (Å²) in [5.74, 6) is 41.1. The maximum atomic E-state index is 9.40. The van der Waals surface area contributed by atoms with Gasteiger partial charge in [-0.2, -0.15) is 10.2 Å². The van der Waals surface area contributed by atoms with Crippen molar-refractivity contribution in [1.29, 1.82) is 0 Å². The Morgan fingerprint density at radius 3 is 1.11 bits per heavy atom. The van der Waals surface area contributed by atoms with Crippen molar-refractivity contribution < 1.29 is 69.7 Å². The van der Waals surface area contributed by atoms with Crippen LogP contribution in [0.4, 0.5) is 0 Å².